The summed E-state index contributed by atoms with van der Waals surface area (Å²) in [6.07, 6.45) is 0. The van der Waals surface area contributed by atoms with Gasteiger partial charge in [-0.2, -0.15) is 4.68 Å². The molecule has 0 aliphatic carbocycles. The number of ether oxygens (including phenoxy) is 1. The Morgan fingerprint density at radius 2 is 2.31 bits per heavy atom. The third-order valence-corrected chi connectivity index (χ3v) is 2.10. The molecule has 16 heavy (non-hydrogen) atoms. The molecule has 0 unspecified atom stereocenters. The van der Waals surface area contributed by atoms with E-state index in [-0.39, 0.29) is 12.3 Å². The second-order valence-electron chi connectivity index (χ2n) is 3.03. The number of hydrogen-bond acceptors (Lipinski definition) is 5. The van der Waals surface area contributed by atoms with Crippen LogP contribution in [0.4, 0.5) is 4.39 Å². The van der Waals surface area contributed by atoms with Crippen LogP contribution in [0.1, 0.15) is 5.82 Å². The molecule has 0 bridgehead atoms. The number of rotatable bonds is 3. The van der Waals surface area contributed by atoms with Crippen LogP contribution in [0.15, 0.2) is 18.2 Å². The lowest BCUT2D eigenvalue weighted by Gasteiger charge is -2.05. The summed E-state index contributed by atoms with van der Waals surface area (Å²) in [4.78, 5) is 0. The maximum Gasteiger partial charge on any atom is 0.170 e. The Bertz CT molecular complexity index is 498. The average molecular weight is 223 g/mol. The van der Waals surface area contributed by atoms with E-state index in [0.29, 0.717) is 11.5 Å². The van der Waals surface area contributed by atoms with Gasteiger partial charge in [0, 0.05) is 6.07 Å². The van der Waals surface area contributed by atoms with E-state index in [2.05, 4.69) is 15.5 Å². The molecule has 1 aromatic carbocycles. The number of aromatic nitrogens is 4. The molecular formula is C9H10FN5O. The van der Waals surface area contributed by atoms with Crippen LogP contribution in [0.3, 0.4) is 0 Å². The summed E-state index contributed by atoms with van der Waals surface area (Å²) in [6, 6.07) is 4.44. The summed E-state index contributed by atoms with van der Waals surface area (Å²) in [6.45, 7) is 0.181. The van der Waals surface area contributed by atoms with Gasteiger partial charge in [0.1, 0.15) is 0 Å². The summed E-state index contributed by atoms with van der Waals surface area (Å²) >= 11 is 0. The van der Waals surface area contributed by atoms with Gasteiger partial charge in [-0.1, -0.05) is 0 Å². The van der Waals surface area contributed by atoms with Gasteiger partial charge in [-0.05, 0) is 22.6 Å². The van der Waals surface area contributed by atoms with E-state index in [1.807, 2.05) is 0 Å². The molecule has 84 valence electrons. The number of nitrogens with two attached hydrogens (primary N) is 1. The maximum absolute atomic E-state index is 13.4. The fourth-order valence-electron chi connectivity index (χ4n) is 1.32. The number of nitrogens with zero attached hydrogens (tertiary/aromatic N) is 4. The monoisotopic (exact) mass is 223 g/mol. The van der Waals surface area contributed by atoms with Crippen molar-refractivity contribution in [2.75, 3.05) is 7.11 Å². The number of methoxy groups -OCH3 is 1. The minimum Gasteiger partial charge on any atom is -0.494 e. The highest BCUT2D eigenvalue weighted by Gasteiger charge is 2.09. The molecule has 1 heterocycles. The van der Waals surface area contributed by atoms with Gasteiger partial charge in [0.05, 0.1) is 19.3 Å². The smallest absolute Gasteiger partial charge is 0.170 e. The molecule has 2 N–H and O–H groups in total. The quantitative estimate of drug-likeness (QED) is 0.807. The van der Waals surface area contributed by atoms with Gasteiger partial charge in [0.15, 0.2) is 17.4 Å². The van der Waals surface area contributed by atoms with Crippen LogP contribution >= 0.6 is 0 Å². The zero-order chi connectivity index (χ0) is 11.5. The lowest BCUT2D eigenvalue weighted by Crippen LogP contribution is -2.08. The van der Waals surface area contributed by atoms with Crippen LogP contribution < -0.4 is 10.5 Å². The van der Waals surface area contributed by atoms with E-state index in [9.17, 15) is 4.39 Å². The predicted octanol–water partition coefficient (Wildman–Crippen LogP) is 0.269. The first-order valence-electron chi connectivity index (χ1n) is 4.57. The zero-order valence-corrected chi connectivity index (χ0v) is 8.59. The van der Waals surface area contributed by atoms with E-state index in [0.717, 1.165) is 0 Å². The van der Waals surface area contributed by atoms with Crippen molar-refractivity contribution in [3.05, 3.63) is 29.8 Å². The van der Waals surface area contributed by atoms with Crippen molar-refractivity contribution in [2.45, 2.75) is 6.54 Å². The van der Waals surface area contributed by atoms with E-state index in [1.54, 1.807) is 6.07 Å². The van der Waals surface area contributed by atoms with Crippen molar-refractivity contribution >= 4 is 0 Å². The first-order valence-corrected chi connectivity index (χ1v) is 4.57. The molecule has 6 nitrogen and oxygen atoms in total. The second kappa shape index (κ2) is 4.23. The highest BCUT2D eigenvalue weighted by molar-refractivity contribution is 5.38. The predicted molar refractivity (Wildman–Crippen MR) is 53.6 cm³/mol. The van der Waals surface area contributed by atoms with Crippen molar-refractivity contribution < 1.29 is 9.13 Å². The highest BCUT2D eigenvalue weighted by atomic mass is 19.1. The van der Waals surface area contributed by atoms with Crippen LogP contribution in [-0.4, -0.2) is 27.3 Å². The number of hydrogen-bond donors (Lipinski definition) is 1. The van der Waals surface area contributed by atoms with Crippen LogP contribution in [0.2, 0.25) is 0 Å². The molecule has 0 aliphatic rings. The molecule has 0 aliphatic heterocycles. The summed E-state index contributed by atoms with van der Waals surface area (Å²) in [7, 11) is 1.40. The third-order valence-electron chi connectivity index (χ3n) is 2.10. The van der Waals surface area contributed by atoms with Gasteiger partial charge < -0.3 is 10.5 Å². The summed E-state index contributed by atoms with van der Waals surface area (Å²) in [5.74, 6) is 0.161. The Kier molecular flexibility index (Phi) is 2.78. The van der Waals surface area contributed by atoms with Crippen molar-refractivity contribution in [1.29, 1.82) is 0 Å². The molecular weight excluding hydrogens is 213 g/mol. The SMILES string of the molecule is COc1ccc(-n2nnnc2CN)cc1F. The van der Waals surface area contributed by atoms with Crippen molar-refractivity contribution in [2.24, 2.45) is 5.73 Å². The Morgan fingerprint density at radius 1 is 1.50 bits per heavy atom. The lowest BCUT2D eigenvalue weighted by atomic mass is 10.3. The van der Waals surface area contributed by atoms with E-state index >= 15 is 0 Å². The Labute approximate surface area is 90.8 Å². The largest absolute Gasteiger partial charge is 0.494 e. The van der Waals surface area contributed by atoms with Crippen molar-refractivity contribution in [1.82, 2.24) is 20.2 Å². The summed E-state index contributed by atoms with van der Waals surface area (Å²) < 4.78 is 19.6. The third kappa shape index (κ3) is 1.72. The number of tetrazole rings is 1. The molecule has 0 fully saturated rings. The van der Waals surface area contributed by atoms with E-state index < -0.39 is 5.82 Å². The molecule has 0 radical (unpaired) electrons. The van der Waals surface area contributed by atoms with Crippen LogP contribution in [-0.2, 0) is 6.54 Å². The van der Waals surface area contributed by atoms with E-state index in [1.165, 1.54) is 23.9 Å². The van der Waals surface area contributed by atoms with Gasteiger partial charge in [-0.15, -0.1) is 5.10 Å². The molecule has 0 atom stereocenters. The highest BCUT2D eigenvalue weighted by Crippen LogP contribution is 2.19. The van der Waals surface area contributed by atoms with Gasteiger partial charge >= 0.3 is 0 Å². The molecule has 0 amide bonds. The summed E-state index contributed by atoms with van der Waals surface area (Å²) in [5.41, 5.74) is 5.95. The lowest BCUT2D eigenvalue weighted by molar-refractivity contribution is 0.386. The fourth-order valence-corrected chi connectivity index (χ4v) is 1.32. The Hall–Kier alpha value is -2.02. The zero-order valence-electron chi connectivity index (χ0n) is 8.59. The normalized spacial score (nSPS) is 10.4. The maximum atomic E-state index is 13.4. The first-order chi connectivity index (χ1) is 7.76. The van der Waals surface area contributed by atoms with Crippen LogP contribution in [0, 0.1) is 5.82 Å². The molecule has 0 spiro atoms. The second-order valence-corrected chi connectivity index (χ2v) is 3.03. The molecule has 1 aromatic heterocycles. The molecule has 0 saturated carbocycles. The molecule has 0 saturated heterocycles. The van der Waals surface area contributed by atoms with Crippen molar-refractivity contribution in [3.63, 3.8) is 0 Å². The topological polar surface area (TPSA) is 78.8 Å². The minimum atomic E-state index is -0.474. The number of halogens is 1. The fraction of sp³-hybridized carbons (Fsp3) is 0.222. The average Bonchev–Trinajstić information content (AvgIpc) is 2.77. The standard InChI is InChI=1S/C9H10FN5O/c1-16-8-3-2-6(4-7(8)10)15-9(5-11)12-13-14-15/h2-4H,5,11H2,1H3. The van der Waals surface area contributed by atoms with Gasteiger partial charge in [0.2, 0.25) is 0 Å². The van der Waals surface area contributed by atoms with Gasteiger partial charge in [-0.3, -0.25) is 0 Å². The molecule has 2 aromatic rings. The first kappa shape index (κ1) is 10.5. The Morgan fingerprint density at radius 3 is 2.94 bits per heavy atom. The van der Waals surface area contributed by atoms with Crippen LogP contribution in [0.5, 0.6) is 5.75 Å². The van der Waals surface area contributed by atoms with Crippen LogP contribution in [0.25, 0.3) is 5.69 Å². The number of benzene rings is 1. The molecule has 2 rings (SSSR count). The minimum absolute atomic E-state index is 0.172. The Balaban J connectivity index is 2.45. The summed E-state index contributed by atoms with van der Waals surface area (Å²) in [5, 5.41) is 10.9. The molecule has 7 heteroatoms. The van der Waals surface area contributed by atoms with Crippen molar-refractivity contribution in [3.8, 4) is 11.4 Å². The van der Waals surface area contributed by atoms with E-state index in [4.69, 9.17) is 10.5 Å². The van der Waals surface area contributed by atoms with Gasteiger partial charge in [0.25, 0.3) is 0 Å². The van der Waals surface area contributed by atoms with Gasteiger partial charge in [-0.25, -0.2) is 4.39 Å².